The maximum atomic E-state index is 9.76. The van der Waals surface area contributed by atoms with E-state index in [0.717, 1.165) is 5.56 Å². The van der Waals surface area contributed by atoms with Crippen molar-refractivity contribution in [2.45, 2.75) is 6.61 Å². The van der Waals surface area contributed by atoms with Crippen LogP contribution in [0.4, 0.5) is 0 Å². The van der Waals surface area contributed by atoms with E-state index in [9.17, 15) is 4.79 Å². The zero-order valence-electron chi connectivity index (χ0n) is 7.99. The summed E-state index contributed by atoms with van der Waals surface area (Å²) in [6.45, 7) is 0.402. The zero-order valence-corrected chi connectivity index (χ0v) is 8.99. The number of rotatable bonds is 4. The standard InChI is InChI=1S/C8H9NO2.Na.H/c10-7-9-11-6-8-4-2-1-3-5-8;;/h1-5,7H,6H2,(H,9,10);;/q;+1;-1. The minimum atomic E-state index is 0. The molecule has 1 rings (SSSR count). The van der Waals surface area contributed by atoms with Crippen LogP contribution in [-0.4, -0.2) is 6.41 Å². The number of nitrogens with one attached hydrogen (secondary N) is 1. The van der Waals surface area contributed by atoms with Crippen molar-refractivity contribution in [3.05, 3.63) is 35.9 Å². The number of hydrogen-bond donors (Lipinski definition) is 1. The number of amides is 1. The third-order valence-corrected chi connectivity index (χ3v) is 1.21. The summed E-state index contributed by atoms with van der Waals surface area (Å²) in [4.78, 5) is 14.5. The molecule has 0 radical (unpaired) electrons. The summed E-state index contributed by atoms with van der Waals surface area (Å²) in [6.07, 6.45) is 0.503. The Balaban J connectivity index is 0. The van der Waals surface area contributed by atoms with Gasteiger partial charge in [0.05, 0.1) is 6.61 Å². The number of carbonyl (C=O) groups excluding carboxylic acids is 1. The molecule has 0 spiro atoms. The van der Waals surface area contributed by atoms with Crippen molar-refractivity contribution in [2.24, 2.45) is 0 Å². The minimum absolute atomic E-state index is 0. The Hall–Kier alpha value is -0.350. The maximum Gasteiger partial charge on any atom is 1.00 e. The Bertz CT molecular complexity index is 221. The molecule has 60 valence electrons. The molecule has 1 aromatic rings. The molecule has 0 aliphatic carbocycles. The first-order valence-electron chi connectivity index (χ1n) is 3.28. The average molecular weight is 175 g/mol. The molecule has 0 unspecified atom stereocenters. The van der Waals surface area contributed by atoms with E-state index in [1.165, 1.54) is 0 Å². The summed E-state index contributed by atoms with van der Waals surface area (Å²) in [6, 6.07) is 9.61. The van der Waals surface area contributed by atoms with Crippen molar-refractivity contribution in [3.8, 4) is 0 Å². The number of hydroxylamine groups is 1. The van der Waals surface area contributed by atoms with E-state index in [4.69, 9.17) is 4.84 Å². The van der Waals surface area contributed by atoms with Crippen LogP contribution in [0.25, 0.3) is 0 Å². The summed E-state index contributed by atoms with van der Waals surface area (Å²) in [5, 5.41) is 0. The van der Waals surface area contributed by atoms with Gasteiger partial charge < -0.3 is 1.43 Å². The second kappa shape index (κ2) is 7.31. The third kappa shape index (κ3) is 4.51. The van der Waals surface area contributed by atoms with Crippen LogP contribution in [-0.2, 0) is 16.2 Å². The van der Waals surface area contributed by atoms with Crippen molar-refractivity contribution in [1.82, 2.24) is 5.48 Å². The molecule has 0 saturated carbocycles. The molecular weight excluding hydrogens is 165 g/mol. The van der Waals surface area contributed by atoms with E-state index >= 15 is 0 Å². The van der Waals surface area contributed by atoms with Crippen LogP contribution >= 0.6 is 0 Å². The van der Waals surface area contributed by atoms with E-state index in [2.05, 4.69) is 5.48 Å². The molecular formula is C8H10NNaO2. The van der Waals surface area contributed by atoms with Gasteiger partial charge in [-0.3, -0.25) is 9.63 Å². The topological polar surface area (TPSA) is 38.3 Å². The first-order valence-corrected chi connectivity index (χ1v) is 3.28. The van der Waals surface area contributed by atoms with Gasteiger partial charge in [0.1, 0.15) is 0 Å². The summed E-state index contributed by atoms with van der Waals surface area (Å²) in [5.41, 5.74) is 3.15. The van der Waals surface area contributed by atoms with Crippen molar-refractivity contribution in [1.29, 1.82) is 0 Å². The van der Waals surface area contributed by atoms with Gasteiger partial charge >= 0.3 is 29.6 Å². The van der Waals surface area contributed by atoms with E-state index < -0.39 is 0 Å². The molecule has 1 N–H and O–H groups in total. The minimum Gasteiger partial charge on any atom is -1.00 e. The van der Waals surface area contributed by atoms with Gasteiger partial charge in [0, 0.05) is 0 Å². The van der Waals surface area contributed by atoms with Crippen molar-refractivity contribution in [3.63, 3.8) is 0 Å². The largest absolute Gasteiger partial charge is 1.00 e. The molecule has 12 heavy (non-hydrogen) atoms. The average Bonchev–Trinajstić information content (AvgIpc) is 2.07. The van der Waals surface area contributed by atoms with Gasteiger partial charge in [-0.1, -0.05) is 30.3 Å². The fourth-order valence-corrected chi connectivity index (χ4v) is 0.733. The molecule has 0 fully saturated rings. The van der Waals surface area contributed by atoms with Crippen molar-refractivity contribution >= 4 is 6.41 Å². The second-order valence-corrected chi connectivity index (χ2v) is 2.01. The monoisotopic (exact) mass is 175 g/mol. The Morgan fingerprint density at radius 1 is 1.42 bits per heavy atom. The van der Waals surface area contributed by atoms with Crippen molar-refractivity contribution < 1.29 is 40.6 Å². The third-order valence-electron chi connectivity index (χ3n) is 1.21. The second-order valence-electron chi connectivity index (χ2n) is 2.01. The molecule has 1 aromatic carbocycles. The molecule has 1 amide bonds. The van der Waals surface area contributed by atoms with Crippen LogP contribution in [0, 0.1) is 0 Å². The molecule has 0 heterocycles. The molecule has 0 aliphatic rings. The van der Waals surface area contributed by atoms with Crippen LogP contribution in [0.1, 0.15) is 6.99 Å². The fraction of sp³-hybridized carbons (Fsp3) is 0.125. The zero-order chi connectivity index (χ0) is 7.94. The first-order chi connectivity index (χ1) is 5.43. The smallest absolute Gasteiger partial charge is 1.00 e. The van der Waals surface area contributed by atoms with Gasteiger partial charge in [-0.25, -0.2) is 5.48 Å². The Morgan fingerprint density at radius 3 is 2.67 bits per heavy atom. The number of benzene rings is 1. The van der Waals surface area contributed by atoms with Crippen LogP contribution in [0.3, 0.4) is 0 Å². The molecule has 4 heteroatoms. The number of hydrogen-bond acceptors (Lipinski definition) is 2. The molecule has 0 atom stereocenters. The van der Waals surface area contributed by atoms with Crippen LogP contribution in [0.2, 0.25) is 0 Å². The summed E-state index contributed by atoms with van der Waals surface area (Å²) < 4.78 is 0. The Morgan fingerprint density at radius 2 is 2.08 bits per heavy atom. The van der Waals surface area contributed by atoms with Gasteiger partial charge in [-0.15, -0.1) is 0 Å². The van der Waals surface area contributed by atoms with E-state index in [1.807, 2.05) is 30.3 Å². The summed E-state index contributed by atoms with van der Waals surface area (Å²) in [5.74, 6) is 0. The van der Waals surface area contributed by atoms with Gasteiger partial charge in [0.25, 0.3) is 0 Å². The maximum absolute atomic E-state index is 9.76. The molecule has 0 saturated heterocycles. The predicted molar refractivity (Wildman–Crippen MR) is 41.5 cm³/mol. The van der Waals surface area contributed by atoms with Gasteiger partial charge in [-0.05, 0) is 5.56 Å². The van der Waals surface area contributed by atoms with Gasteiger partial charge in [0.15, 0.2) is 0 Å². The quantitative estimate of drug-likeness (QED) is 0.248. The summed E-state index contributed by atoms with van der Waals surface area (Å²) >= 11 is 0. The van der Waals surface area contributed by atoms with Gasteiger partial charge in [0.2, 0.25) is 6.41 Å². The first kappa shape index (κ1) is 11.6. The predicted octanol–water partition coefficient (Wildman–Crippen LogP) is -2.02. The SMILES string of the molecule is O=CNOCc1ccccc1.[H-].[Na+]. The van der Waals surface area contributed by atoms with Crippen LogP contribution < -0.4 is 35.0 Å². The van der Waals surface area contributed by atoms with E-state index in [0.29, 0.717) is 13.0 Å². The molecule has 3 nitrogen and oxygen atoms in total. The van der Waals surface area contributed by atoms with E-state index in [1.54, 1.807) is 0 Å². The van der Waals surface area contributed by atoms with E-state index in [-0.39, 0.29) is 31.0 Å². The van der Waals surface area contributed by atoms with Gasteiger partial charge in [-0.2, -0.15) is 0 Å². The molecule has 0 aliphatic heterocycles. The Labute approximate surface area is 94.8 Å². The van der Waals surface area contributed by atoms with Crippen LogP contribution in [0.15, 0.2) is 30.3 Å². The Kier molecular flexibility index (Phi) is 7.09. The summed E-state index contributed by atoms with van der Waals surface area (Å²) in [7, 11) is 0. The van der Waals surface area contributed by atoms with Crippen molar-refractivity contribution in [2.75, 3.05) is 0 Å². The molecule has 0 bridgehead atoms. The molecule has 0 aromatic heterocycles. The van der Waals surface area contributed by atoms with Crippen LogP contribution in [0.5, 0.6) is 0 Å². The fourth-order valence-electron chi connectivity index (χ4n) is 0.733. The normalized spacial score (nSPS) is 8.33. The number of carbonyl (C=O) groups is 1.